The van der Waals surface area contributed by atoms with Crippen LogP contribution in [0.25, 0.3) is 5.69 Å². The average Bonchev–Trinajstić information content (AvgIpc) is 2.91. The molecule has 1 aromatic carbocycles. The summed E-state index contributed by atoms with van der Waals surface area (Å²) >= 11 is 0. The van der Waals surface area contributed by atoms with Crippen LogP contribution in [0.1, 0.15) is 48.0 Å². The van der Waals surface area contributed by atoms with E-state index in [1.54, 1.807) is 0 Å². The van der Waals surface area contributed by atoms with Crippen LogP contribution in [-0.4, -0.2) is 65.3 Å². The Kier molecular flexibility index (Phi) is 5.78. The number of hydrogen-bond acceptors (Lipinski definition) is 4. The van der Waals surface area contributed by atoms with Gasteiger partial charge in [0.15, 0.2) is 5.82 Å². The number of hydrogen-bond donors (Lipinski definition) is 0. The number of aromatic nitrogens is 3. The van der Waals surface area contributed by atoms with Gasteiger partial charge in [0, 0.05) is 18.4 Å². The zero-order valence-electron chi connectivity index (χ0n) is 17.2. The van der Waals surface area contributed by atoms with Gasteiger partial charge in [0.1, 0.15) is 5.82 Å². The third-order valence-corrected chi connectivity index (χ3v) is 5.48. The molecule has 0 N–H and O–H groups in total. The van der Waals surface area contributed by atoms with Crippen molar-refractivity contribution in [1.29, 1.82) is 0 Å². The van der Waals surface area contributed by atoms with Crippen LogP contribution in [0.15, 0.2) is 18.2 Å². The molecule has 0 amide bonds. The predicted octanol–water partition coefficient (Wildman–Crippen LogP) is 3.19. The van der Waals surface area contributed by atoms with Gasteiger partial charge in [0.05, 0.1) is 5.69 Å². The summed E-state index contributed by atoms with van der Waals surface area (Å²) in [7, 11) is 8.57. The highest BCUT2D eigenvalue weighted by atomic mass is 15.4. The summed E-state index contributed by atoms with van der Waals surface area (Å²) in [4.78, 5) is 9.53. The molecule has 1 aromatic heterocycles. The Balaban J connectivity index is 1.88. The summed E-state index contributed by atoms with van der Waals surface area (Å²) < 4.78 is 2.13. The zero-order chi connectivity index (χ0) is 18.8. The van der Waals surface area contributed by atoms with Gasteiger partial charge in [0.25, 0.3) is 0 Å². The third kappa shape index (κ3) is 4.15. The molecule has 1 saturated carbocycles. The van der Waals surface area contributed by atoms with Crippen LogP contribution in [0, 0.1) is 13.8 Å². The van der Waals surface area contributed by atoms with Crippen LogP contribution >= 0.6 is 0 Å². The van der Waals surface area contributed by atoms with Crippen molar-refractivity contribution < 1.29 is 0 Å². The van der Waals surface area contributed by atoms with Crippen LogP contribution in [-0.2, 0) is 6.42 Å². The highest BCUT2D eigenvalue weighted by Crippen LogP contribution is 2.39. The predicted molar refractivity (Wildman–Crippen MR) is 107 cm³/mol. The van der Waals surface area contributed by atoms with E-state index in [-0.39, 0.29) is 0 Å². The van der Waals surface area contributed by atoms with E-state index in [9.17, 15) is 0 Å². The number of rotatable bonds is 7. The summed E-state index contributed by atoms with van der Waals surface area (Å²) in [6, 6.07) is 7.25. The lowest BCUT2D eigenvalue weighted by atomic mass is 9.79. The van der Waals surface area contributed by atoms with Crippen LogP contribution in [0.3, 0.4) is 0 Å². The lowest BCUT2D eigenvalue weighted by Gasteiger charge is -2.39. The maximum atomic E-state index is 4.98. The van der Waals surface area contributed by atoms with E-state index in [4.69, 9.17) is 10.1 Å². The molecule has 1 aliphatic carbocycles. The van der Waals surface area contributed by atoms with E-state index < -0.39 is 0 Å². The molecule has 1 heterocycles. The van der Waals surface area contributed by atoms with Crippen molar-refractivity contribution in [3.8, 4) is 5.69 Å². The van der Waals surface area contributed by atoms with Crippen LogP contribution in [0.5, 0.6) is 0 Å². The molecule has 142 valence electrons. The quantitative estimate of drug-likeness (QED) is 0.764. The van der Waals surface area contributed by atoms with Crippen molar-refractivity contribution in [1.82, 2.24) is 24.6 Å². The van der Waals surface area contributed by atoms with E-state index in [1.807, 2.05) is 0 Å². The van der Waals surface area contributed by atoms with Gasteiger partial charge in [-0.1, -0.05) is 12.1 Å². The Morgan fingerprint density at radius 2 is 1.85 bits per heavy atom. The fourth-order valence-electron chi connectivity index (χ4n) is 3.64. The van der Waals surface area contributed by atoms with E-state index in [0.29, 0.717) is 12.0 Å². The number of benzene rings is 1. The van der Waals surface area contributed by atoms with Crippen molar-refractivity contribution in [2.24, 2.45) is 0 Å². The van der Waals surface area contributed by atoms with E-state index in [2.05, 4.69) is 74.7 Å². The first-order valence-electron chi connectivity index (χ1n) is 9.69. The summed E-state index contributed by atoms with van der Waals surface area (Å²) in [5, 5.41) is 4.93. The molecule has 3 rings (SSSR count). The second kappa shape index (κ2) is 7.89. The lowest BCUT2D eigenvalue weighted by molar-refractivity contribution is 0.160. The minimum atomic E-state index is 0.511. The second-order valence-corrected chi connectivity index (χ2v) is 8.28. The summed E-state index contributed by atoms with van der Waals surface area (Å²) in [5.41, 5.74) is 3.70. The average molecular weight is 356 g/mol. The van der Waals surface area contributed by atoms with Gasteiger partial charge in [-0.25, -0.2) is 9.67 Å². The monoisotopic (exact) mass is 355 g/mol. The number of aryl methyl sites for hydroxylation is 3. The van der Waals surface area contributed by atoms with Crippen molar-refractivity contribution in [2.45, 2.75) is 51.5 Å². The largest absolute Gasteiger partial charge is 0.309 e. The zero-order valence-corrected chi connectivity index (χ0v) is 17.2. The highest BCUT2D eigenvalue weighted by molar-refractivity contribution is 5.43. The van der Waals surface area contributed by atoms with Crippen molar-refractivity contribution >= 4 is 0 Å². The van der Waals surface area contributed by atoms with Gasteiger partial charge in [-0.2, -0.15) is 5.10 Å². The first-order valence-corrected chi connectivity index (χ1v) is 9.69. The molecule has 5 heteroatoms. The van der Waals surface area contributed by atoms with E-state index in [0.717, 1.165) is 31.0 Å². The van der Waals surface area contributed by atoms with Gasteiger partial charge in [-0.05, 0) is 85.0 Å². The molecule has 1 aliphatic rings. The van der Waals surface area contributed by atoms with Gasteiger partial charge < -0.3 is 9.80 Å². The summed E-state index contributed by atoms with van der Waals surface area (Å²) in [6.45, 7) is 5.37. The lowest BCUT2D eigenvalue weighted by Crippen LogP contribution is -2.40. The molecule has 1 fully saturated rings. The van der Waals surface area contributed by atoms with Crippen molar-refractivity contribution in [2.75, 3.05) is 34.7 Å². The SMILES string of the molecule is Cc1ccc(C)c(-n2nc(CCCN(C)C)nc2C2CC(N(C)C)C2)c1. The normalized spacial score (nSPS) is 20.0. The number of nitrogens with zero attached hydrogens (tertiary/aromatic N) is 5. The van der Waals surface area contributed by atoms with Crippen LogP contribution in [0.2, 0.25) is 0 Å². The van der Waals surface area contributed by atoms with Gasteiger partial charge in [-0.15, -0.1) is 0 Å². The Bertz CT molecular complexity index is 741. The van der Waals surface area contributed by atoms with Gasteiger partial charge >= 0.3 is 0 Å². The highest BCUT2D eigenvalue weighted by Gasteiger charge is 2.35. The first-order chi connectivity index (χ1) is 12.3. The molecule has 2 aromatic rings. The fourth-order valence-corrected chi connectivity index (χ4v) is 3.64. The molecule has 0 atom stereocenters. The summed E-state index contributed by atoms with van der Waals surface area (Å²) in [6.07, 6.45) is 4.38. The van der Waals surface area contributed by atoms with Crippen molar-refractivity contribution in [3.05, 3.63) is 41.0 Å². The summed E-state index contributed by atoms with van der Waals surface area (Å²) in [5.74, 6) is 2.64. The first kappa shape index (κ1) is 19.1. The van der Waals surface area contributed by atoms with Gasteiger partial charge in [-0.3, -0.25) is 0 Å². The molecule has 0 saturated heterocycles. The van der Waals surface area contributed by atoms with Crippen LogP contribution < -0.4 is 0 Å². The minimum Gasteiger partial charge on any atom is -0.309 e. The molecule has 0 spiro atoms. The molecule has 26 heavy (non-hydrogen) atoms. The molecule has 0 bridgehead atoms. The Labute approximate surface area is 158 Å². The van der Waals surface area contributed by atoms with Gasteiger partial charge in [0.2, 0.25) is 0 Å². The maximum Gasteiger partial charge on any atom is 0.151 e. The van der Waals surface area contributed by atoms with Crippen molar-refractivity contribution in [3.63, 3.8) is 0 Å². The molecule has 0 radical (unpaired) electrons. The Morgan fingerprint density at radius 3 is 2.50 bits per heavy atom. The topological polar surface area (TPSA) is 37.2 Å². The molecule has 0 aliphatic heterocycles. The Hall–Kier alpha value is -1.72. The third-order valence-electron chi connectivity index (χ3n) is 5.48. The standard InChI is InChI=1S/C21H33N5/c1-15-9-10-16(2)19(12-15)26-21(17-13-18(14-17)25(5)6)22-20(23-26)8-7-11-24(3)4/h9-10,12,17-18H,7-8,11,13-14H2,1-6H3. The Morgan fingerprint density at radius 1 is 1.12 bits per heavy atom. The fraction of sp³-hybridized carbons (Fsp3) is 0.619. The minimum absolute atomic E-state index is 0.511. The van der Waals surface area contributed by atoms with Crippen LogP contribution in [0.4, 0.5) is 0 Å². The van der Waals surface area contributed by atoms with E-state index in [1.165, 1.54) is 29.7 Å². The smallest absolute Gasteiger partial charge is 0.151 e. The molecule has 5 nitrogen and oxygen atoms in total. The molecule has 0 unspecified atom stereocenters. The maximum absolute atomic E-state index is 4.98. The van der Waals surface area contributed by atoms with E-state index >= 15 is 0 Å². The second-order valence-electron chi connectivity index (χ2n) is 8.28. The molecular formula is C21H33N5. The molecular weight excluding hydrogens is 322 g/mol.